The van der Waals surface area contributed by atoms with Crippen LogP contribution in [0.2, 0.25) is 0 Å². The minimum atomic E-state index is -0.304. The number of carbonyl (C=O) groups is 1. The van der Waals surface area contributed by atoms with E-state index in [-0.39, 0.29) is 11.7 Å². The van der Waals surface area contributed by atoms with Gasteiger partial charge in [-0.15, -0.1) is 0 Å². The van der Waals surface area contributed by atoms with Crippen LogP contribution >= 0.6 is 0 Å². The van der Waals surface area contributed by atoms with E-state index in [4.69, 9.17) is 0 Å². The third-order valence-electron chi connectivity index (χ3n) is 3.75. The molecule has 0 aromatic heterocycles. The molecule has 21 heavy (non-hydrogen) atoms. The first kappa shape index (κ1) is 15.4. The lowest BCUT2D eigenvalue weighted by Crippen LogP contribution is -2.36. The van der Waals surface area contributed by atoms with Crippen LogP contribution in [0.1, 0.15) is 24.2 Å². The number of nitrogens with zero attached hydrogens (tertiary/aromatic N) is 1. The summed E-state index contributed by atoms with van der Waals surface area (Å²) in [6, 6.07) is 10.4. The number of likely N-dealkylation sites (N-methyl/N-ethyl adjacent to an activating group) is 1. The molecule has 0 heterocycles. The first-order valence-corrected chi connectivity index (χ1v) is 7.16. The zero-order valence-electron chi connectivity index (χ0n) is 12.7. The maximum absolute atomic E-state index is 13.7. The molecule has 1 amide bonds. The van der Waals surface area contributed by atoms with Gasteiger partial charge in [-0.2, -0.15) is 0 Å². The maximum Gasteiger partial charge on any atom is 0.251 e. The lowest BCUT2D eigenvalue weighted by molar-refractivity contribution is 0.0949. The van der Waals surface area contributed by atoms with E-state index in [0.29, 0.717) is 28.9 Å². The Bertz CT molecular complexity index is 640. The summed E-state index contributed by atoms with van der Waals surface area (Å²) in [5.74, 6) is -0.468. The van der Waals surface area contributed by atoms with Crippen LogP contribution in [0.5, 0.6) is 0 Å². The zero-order valence-corrected chi connectivity index (χ0v) is 12.7. The highest BCUT2D eigenvalue weighted by Gasteiger charge is 2.12. The Hall–Kier alpha value is -1.94. The van der Waals surface area contributed by atoms with Crippen LogP contribution < -0.4 is 5.32 Å². The normalized spacial score (nSPS) is 11.3. The molecule has 0 spiro atoms. The molecule has 0 saturated heterocycles. The van der Waals surface area contributed by atoms with Crippen molar-refractivity contribution >= 4 is 16.7 Å². The van der Waals surface area contributed by atoms with E-state index in [2.05, 4.69) is 24.1 Å². The molecule has 2 aromatic carbocycles. The fourth-order valence-electron chi connectivity index (χ4n) is 2.16. The Labute approximate surface area is 124 Å². The van der Waals surface area contributed by atoms with Crippen LogP contribution in [-0.2, 0) is 0 Å². The number of fused-ring (bicyclic) bond motifs is 1. The molecule has 3 nitrogen and oxygen atoms in total. The fraction of sp³-hybridized carbons (Fsp3) is 0.353. The highest BCUT2D eigenvalue weighted by atomic mass is 19.1. The van der Waals surface area contributed by atoms with Crippen LogP contribution in [0.4, 0.5) is 4.39 Å². The number of halogens is 1. The smallest absolute Gasteiger partial charge is 0.251 e. The predicted octanol–water partition coefficient (Wildman–Crippen LogP) is 3.05. The van der Waals surface area contributed by atoms with Crippen LogP contribution in [-0.4, -0.2) is 37.0 Å². The summed E-state index contributed by atoms with van der Waals surface area (Å²) in [7, 11) is 2.02. The molecule has 0 unspecified atom stereocenters. The molecule has 0 saturated carbocycles. The minimum Gasteiger partial charge on any atom is -0.351 e. The van der Waals surface area contributed by atoms with Gasteiger partial charge in [0.1, 0.15) is 5.82 Å². The molecule has 0 radical (unpaired) electrons. The summed E-state index contributed by atoms with van der Waals surface area (Å²) in [4.78, 5) is 14.4. The quantitative estimate of drug-likeness (QED) is 0.917. The van der Waals surface area contributed by atoms with Gasteiger partial charge in [0.2, 0.25) is 0 Å². The van der Waals surface area contributed by atoms with Crippen molar-refractivity contribution < 1.29 is 9.18 Å². The topological polar surface area (TPSA) is 32.3 Å². The highest BCUT2D eigenvalue weighted by Crippen LogP contribution is 2.21. The molecule has 0 fully saturated rings. The van der Waals surface area contributed by atoms with Gasteiger partial charge in [0.25, 0.3) is 5.91 Å². The third-order valence-corrected chi connectivity index (χ3v) is 3.75. The Morgan fingerprint density at radius 2 is 1.86 bits per heavy atom. The highest BCUT2D eigenvalue weighted by molar-refractivity contribution is 6.07. The molecule has 2 rings (SSSR count). The van der Waals surface area contributed by atoms with Gasteiger partial charge < -0.3 is 10.2 Å². The van der Waals surface area contributed by atoms with Gasteiger partial charge in [0.15, 0.2) is 0 Å². The first-order chi connectivity index (χ1) is 10.0. The van der Waals surface area contributed by atoms with E-state index in [9.17, 15) is 9.18 Å². The molecule has 1 N–H and O–H groups in total. The summed E-state index contributed by atoms with van der Waals surface area (Å²) < 4.78 is 13.7. The Balaban J connectivity index is 2.12. The van der Waals surface area contributed by atoms with Crippen molar-refractivity contribution in [1.82, 2.24) is 10.2 Å². The second kappa shape index (κ2) is 6.68. The number of carbonyl (C=O) groups excluding carboxylic acids is 1. The number of hydrogen-bond acceptors (Lipinski definition) is 2. The van der Waals surface area contributed by atoms with Crippen molar-refractivity contribution in [3.63, 3.8) is 0 Å². The molecular weight excluding hydrogens is 267 g/mol. The lowest BCUT2D eigenvalue weighted by Gasteiger charge is -2.21. The van der Waals surface area contributed by atoms with E-state index < -0.39 is 0 Å². The number of nitrogens with one attached hydrogen (secondary N) is 1. The van der Waals surface area contributed by atoms with Gasteiger partial charge in [-0.1, -0.05) is 24.3 Å². The number of benzene rings is 2. The van der Waals surface area contributed by atoms with Crippen molar-refractivity contribution in [2.24, 2.45) is 0 Å². The van der Waals surface area contributed by atoms with Crippen molar-refractivity contribution in [3.05, 3.63) is 47.8 Å². The van der Waals surface area contributed by atoms with E-state index in [0.717, 1.165) is 6.54 Å². The van der Waals surface area contributed by atoms with Gasteiger partial charge in [0, 0.05) is 30.1 Å². The van der Waals surface area contributed by atoms with Gasteiger partial charge in [-0.25, -0.2) is 4.39 Å². The SMILES string of the molecule is CC(C)N(C)CCNC(=O)c1ccc(F)c2ccccc12. The Kier molecular flexibility index (Phi) is 4.91. The molecule has 0 atom stereocenters. The van der Waals surface area contributed by atoms with Gasteiger partial charge in [-0.05, 0) is 38.4 Å². The second-order valence-corrected chi connectivity index (χ2v) is 5.47. The predicted molar refractivity (Wildman–Crippen MR) is 84.0 cm³/mol. The monoisotopic (exact) mass is 288 g/mol. The minimum absolute atomic E-state index is 0.164. The summed E-state index contributed by atoms with van der Waals surface area (Å²) in [5, 5.41) is 4.02. The fourth-order valence-corrected chi connectivity index (χ4v) is 2.16. The molecular formula is C17H21FN2O. The second-order valence-electron chi connectivity index (χ2n) is 5.47. The van der Waals surface area contributed by atoms with Crippen LogP contribution in [0.25, 0.3) is 10.8 Å². The van der Waals surface area contributed by atoms with Gasteiger partial charge in [-0.3, -0.25) is 4.79 Å². The standard InChI is InChI=1S/C17H21FN2O/c1-12(2)20(3)11-10-19-17(21)15-8-9-16(18)14-7-5-4-6-13(14)15/h4-9,12H,10-11H2,1-3H3,(H,19,21). The van der Waals surface area contributed by atoms with Crippen LogP contribution in [0, 0.1) is 5.82 Å². The molecule has 112 valence electrons. The van der Waals surface area contributed by atoms with Gasteiger partial charge >= 0.3 is 0 Å². The van der Waals surface area contributed by atoms with E-state index in [1.54, 1.807) is 24.3 Å². The molecule has 0 aliphatic heterocycles. The number of amides is 1. The number of rotatable bonds is 5. The molecule has 2 aromatic rings. The molecule has 0 aliphatic rings. The Morgan fingerprint density at radius 1 is 1.19 bits per heavy atom. The molecule has 4 heteroatoms. The lowest BCUT2D eigenvalue weighted by atomic mass is 10.0. The zero-order chi connectivity index (χ0) is 15.4. The van der Waals surface area contributed by atoms with Crippen molar-refractivity contribution in [1.29, 1.82) is 0 Å². The molecule has 0 aliphatic carbocycles. The Morgan fingerprint density at radius 3 is 2.52 bits per heavy atom. The average molecular weight is 288 g/mol. The van der Waals surface area contributed by atoms with Crippen molar-refractivity contribution in [3.8, 4) is 0 Å². The maximum atomic E-state index is 13.7. The summed E-state index contributed by atoms with van der Waals surface area (Å²) in [6.45, 7) is 5.56. The van der Waals surface area contributed by atoms with E-state index in [1.165, 1.54) is 6.07 Å². The average Bonchev–Trinajstić information content (AvgIpc) is 2.47. The van der Waals surface area contributed by atoms with Crippen LogP contribution in [0.3, 0.4) is 0 Å². The third kappa shape index (κ3) is 3.58. The van der Waals surface area contributed by atoms with E-state index in [1.807, 2.05) is 13.1 Å². The first-order valence-electron chi connectivity index (χ1n) is 7.16. The van der Waals surface area contributed by atoms with Crippen molar-refractivity contribution in [2.45, 2.75) is 19.9 Å². The summed E-state index contributed by atoms with van der Waals surface area (Å²) in [6.07, 6.45) is 0. The number of hydrogen-bond donors (Lipinski definition) is 1. The summed E-state index contributed by atoms with van der Waals surface area (Å²) in [5.41, 5.74) is 0.513. The van der Waals surface area contributed by atoms with Crippen LogP contribution in [0.15, 0.2) is 36.4 Å². The van der Waals surface area contributed by atoms with Crippen molar-refractivity contribution in [2.75, 3.05) is 20.1 Å². The van der Waals surface area contributed by atoms with Gasteiger partial charge in [0.05, 0.1) is 0 Å². The van der Waals surface area contributed by atoms with E-state index >= 15 is 0 Å². The molecule has 0 bridgehead atoms. The summed E-state index contributed by atoms with van der Waals surface area (Å²) >= 11 is 0. The largest absolute Gasteiger partial charge is 0.351 e.